The number of carbonyl (C=O) groups is 3. The molecule has 0 aliphatic heterocycles. The van der Waals surface area contributed by atoms with Gasteiger partial charge in [-0.3, -0.25) is 25.2 Å². The van der Waals surface area contributed by atoms with Gasteiger partial charge in [-0.2, -0.15) is 0 Å². The van der Waals surface area contributed by atoms with E-state index in [9.17, 15) is 14.4 Å². The van der Waals surface area contributed by atoms with Crippen LogP contribution in [0.5, 0.6) is 0 Å². The maximum Gasteiger partial charge on any atom is 0.286 e. The Bertz CT molecular complexity index is 578. The second-order valence-corrected chi connectivity index (χ2v) is 6.38. The molecule has 0 radical (unpaired) electrons. The van der Waals surface area contributed by atoms with Gasteiger partial charge in [0.05, 0.1) is 0 Å². The third-order valence-electron chi connectivity index (χ3n) is 3.74. The zero-order valence-electron chi connectivity index (χ0n) is 12.3. The first-order valence-electron chi connectivity index (χ1n) is 7.16. The number of hydrogen-bond acceptors (Lipinski definition) is 3. The summed E-state index contributed by atoms with van der Waals surface area (Å²) in [5, 5.41) is 2.75. The second-order valence-electron chi connectivity index (χ2n) is 5.46. The van der Waals surface area contributed by atoms with E-state index in [4.69, 9.17) is 0 Å². The Morgan fingerprint density at radius 3 is 2.41 bits per heavy atom. The molecule has 0 atom stereocenters. The normalized spacial score (nSPS) is 16.6. The van der Waals surface area contributed by atoms with Crippen LogP contribution in [-0.2, 0) is 9.59 Å². The van der Waals surface area contributed by atoms with Crippen LogP contribution in [0.1, 0.15) is 49.5 Å². The number of hydrazine groups is 1. The van der Waals surface area contributed by atoms with E-state index < -0.39 is 11.4 Å². The van der Waals surface area contributed by atoms with Crippen molar-refractivity contribution in [3.05, 3.63) is 22.4 Å². The van der Waals surface area contributed by atoms with E-state index in [0.717, 1.165) is 23.7 Å². The Morgan fingerprint density at radius 1 is 1.18 bits per heavy atom. The minimum Gasteiger partial charge on any atom is -0.356 e. The molecule has 0 spiro atoms. The summed E-state index contributed by atoms with van der Waals surface area (Å²) in [6, 6.07) is 1.60. The predicted octanol–water partition coefficient (Wildman–Crippen LogP) is 1.38. The van der Waals surface area contributed by atoms with Gasteiger partial charge in [-0.1, -0.05) is 19.3 Å². The van der Waals surface area contributed by atoms with Gasteiger partial charge < -0.3 is 10.3 Å². The summed E-state index contributed by atoms with van der Waals surface area (Å²) in [6.07, 6.45) is 5.54. The van der Waals surface area contributed by atoms with E-state index in [-0.39, 0.29) is 11.8 Å². The predicted molar refractivity (Wildman–Crippen MR) is 83.7 cm³/mol. The number of aromatic nitrogens is 1. The molecule has 8 heteroatoms. The lowest BCUT2D eigenvalue weighted by atomic mass is 9.81. The SMILES string of the molecule is CC(=O)NC1(C(=O)NNC(=O)c2cc(Br)c[nH]2)CCCCC1. The molecule has 1 fully saturated rings. The first-order chi connectivity index (χ1) is 10.4. The van der Waals surface area contributed by atoms with Gasteiger partial charge >= 0.3 is 0 Å². The minimum atomic E-state index is -0.937. The Morgan fingerprint density at radius 2 is 1.86 bits per heavy atom. The number of H-pyrrole nitrogens is 1. The van der Waals surface area contributed by atoms with E-state index >= 15 is 0 Å². The van der Waals surface area contributed by atoms with Crippen LogP contribution in [0.2, 0.25) is 0 Å². The van der Waals surface area contributed by atoms with Gasteiger partial charge in [0.15, 0.2) is 0 Å². The van der Waals surface area contributed by atoms with Crippen molar-refractivity contribution < 1.29 is 14.4 Å². The molecular formula is C14H19BrN4O3. The first-order valence-corrected chi connectivity index (χ1v) is 7.96. The van der Waals surface area contributed by atoms with Crippen LogP contribution in [0.4, 0.5) is 0 Å². The number of hydrogen-bond donors (Lipinski definition) is 4. The summed E-state index contributed by atoms with van der Waals surface area (Å²) in [5.41, 5.74) is 4.17. The second kappa shape index (κ2) is 6.95. The van der Waals surface area contributed by atoms with Crippen molar-refractivity contribution in [1.29, 1.82) is 0 Å². The van der Waals surface area contributed by atoms with Crippen molar-refractivity contribution in [3.63, 3.8) is 0 Å². The average Bonchev–Trinajstić information content (AvgIpc) is 2.91. The van der Waals surface area contributed by atoms with Crippen molar-refractivity contribution in [2.24, 2.45) is 0 Å². The molecule has 0 bridgehead atoms. The largest absolute Gasteiger partial charge is 0.356 e. The van der Waals surface area contributed by atoms with Gasteiger partial charge in [-0.25, -0.2) is 0 Å². The fourth-order valence-electron chi connectivity index (χ4n) is 2.70. The number of halogens is 1. The first kappa shape index (κ1) is 16.5. The average molecular weight is 371 g/mol. The topological polar surface area (TPSA) is 103 Å². The van der Waals surface area contributed by atoms with E-state index in [2.05, 4.69) is 37.1 Å². The minimum absolute atomic E-state index is 0.253. The number of amides is 3. The molecule has 1 aliphatic carbocycles. The smallest absolute Gasteiger partial charge is 0.286 e. The lowest BCUT2D eigenvalue weighted by Gasteiger charge is -2.36. The molecule has 4 N–H and O–H groups in total. The summed E-state index contributed by atoms with van der Waals surface area (Å²) in [5.74, 6) is -1.09. The molecule has 0 saturated heterocycles. The standard InChI is InChI=1S/C14H19BrN4O3/c1-9(20)17-14(5-3-2-4-6-14)13(22)19-18-12(21)11-7-10(15)8-16-11/h7-8,16H,2-6H2,1H3,(H,17,20)(H,18,21)(H,19,22). The number of carbonyl (C=O) groups excluding carboxylic acids is 3. The van der Waals surface area contributed by atoms with Gasteiger partial charge in [0, 0.05) is 17.6 Å². The molecule has 1 heterocycles. The van der Waals surface area contributed by atoms with Crippen molar-refractivity contribution in [1.82, 2.24) is 21.2 Å². The molecule has 22 heavy (non-hydrogen) atoms. The van der Waals surface area contributed by atoms with Crippen LogP contribution in [0, 0.1) is 0 Å². The van der Waals surface area contributed by atoms with Crippen LogP contribution >= 0.6 is 15.9 Å². The van der Waals surface area contributed by atoms with Gasteiger partial charge in [0.25, 0.3) is 11.8 Å². The van der Waals surface area contributed by atoms with E-state index in [1.807, 2.05) is 0 Å². The highest BCUT2D eigenvalue weighted by Crippen LogP contribution is 2.28. The maximum absolute atomic E-state index is 12.4. The number of rotatable bonds is 3. The summed E-state index contributed by atoms with van der Waals surface area (Å²) >= 11 is 3.23. The number of nitrogens with one attached hydrogen (secondary N) is 4. The third kappa shape index (κ3) is 3.88. The highest BCUT2D eigenvalue weighted by Gasteiger charge is 2.40. The molecule has 7 nitrogen and oxygen atoms in total. The van der Waals surface area contributed by atoms with E-state index in [0.29, 0.717) is 18.5 Å². The van der Waals surface area contributed by atoms with E-state index in [1.54, 1.807) is 12.3 Å². The van der Waals surface area contributed by atoms with Gasteiger partial charge in [0.1, 0.15) is 11.2 Å². The van der Waals surface area contributed by atoms with Crippen LogP contribution in [-0.4, -0.2) is 28.2 Å². The lowest BCUT2D eigenvalue weighted by molar-refractivity contribution is -0.134. The summed E-state index contributed by atoms with van der Waals surface area (Å²) in [7, 11) is 0. The Kier molecular flexibility index (Phi) is 5.23. The molecule has 1 aromatic heterocycles. The Hall–Kier alpha value is -1.83. The van der Waals surface area contributed by atoms with E-state index in [1.165, 1.54) is 6.92 Å². The fourth-order valence-corrected chi connectivity index (χ4v) is 3.04. The highest BCUT2D eigenvalue weighted by atomic mass is 79.9. The molecule has 1 aromatic rings. The quantitative estimate of drug-likeness (QED) is 0.604. The molecule has 120 valence electrons. The zero-order valence-corrected chi connectivity index (χ0v) is 13.9. The van der Waals surface area contributed by atoms with Gasteiger partial charge in [-0.15, -0.1) is 0 Å². The fraction of sp³-hybridized carbons (Fsp3) is 0.500. The summed E-state index contributed by atoms with van der Waals surface area (Å²) in [6.45, 7) is 1.39. The zero-order chi connectivity index (χ0) is 16.2. The molecular weight excluding hydrogens is 352 g/mol. The maximum atomic E-state index is 12.4. The van der Waals surface area contributed by atoms with Crippen molar-refractivity contribution in [2.75, 3.05) is 0 Å². The molecule has 3 amide bonds. The molecule has 2 rings (SSSR count). The van der Waals surface area contributed by atoms with Gasteiger partial charge in [0.2, 0.25) is 5.91 Å². The Balaban J connectivity index is 1.99. The van der Waals surface area contributed by atoms with Crippen molar-refractivity contribution in [2.45, 2.75) is 44.6 Å². The van der Waals surface area contributed by atoms with Gasteiger partial charge in [-0.05, 0) is 34.8 Å². The third-order valence-corrected chi connectivity index (χ3v) is 4.20. The van der Waals surface area contributed by atoms with Crippen molar-refractivity contribution >= 4 is 33.7 Å². The molecule has 1 saturated carbocycles. The highest BCUT2D eigenvalue weighted by molar-refractivity contribution is 9.10. The molecule has 0 unspecified atom stereocenters. The molecule has 1 aliphatic rings. The van der Waals surface area contributed by atoms with Crippen LogP contribution in [0.3, 0.4) is 0 Å². The summed E-state index contributed by atoms with van der Waals surface area (Å²) in [4.78, 5) is 38.5. The van der Waals surface area contributed by atoms with Crippen LogP contribution < -0.4 is 16.2 Å². The Labute approximate surface area is 136 Å². The molecule has 0 aromatic carbocycles. The number of aromatic amines is 1. The van der Waals surface area contributed by atoms with Crippen LogP contribution in [0.25, 0.3) is 0 Å². The monoisotopic (exact) mass is 370 g/mol. The lowest BCUT2D eigenvalue weighted by Crippen LogP contribution is -2.62. The van der Waals surface area contributed by atoms with Crippen LogP contribution in [0.15, 0.2) is 16.7 Å². The van der Waals surface area contributed by atoms with Crippen molar-refractivity contribution in [3.8, 4) is 0 Å². The summed E-state index contributed by atoms with van der Waals surface area (Å²) < 4.78 is 0.742.